The van der Waals surface area contributed by atoms with Crippen LogP contribution in [0.4, 0.5) is 5.82 Å². The second-order valence-corrected chi connectivity index (χ2v) is 3.29. The minimum absolute atomic E-state index is 0.530. The van der Waals surface area contributed by atoms with Crippen LogP contribution in [0.25, 0.3) is 0 Å². The predicted octanol–water partition coefficient (Wildman–Crippen LogP) is 0.651. The van der Waals surface area contributed by atoms with E-state index in [4.69, 9.17) is 9.47 Å². The summed E-state index contributed by atoms with van der Waals surface area (Å²) >= 11 is 0. The molecule has 14 heavy (non-hydrogen) atoms. The summed E-state index contributed by atoms with van der Waals surface area (Å²) in [6.45, 7) is 3.78. The minimum atomic E-state index is -0.530. The SMILES string of the molecule is CC1(CNc2cccnn2)OCCO1. The maximum absolute atomic E-state index is 5.43. The van der Waals surface area contributed by atoms with Gasteiger partial charge < -0.3 is 14.8 Å². The van der Waals surface area contributed by atoms with Crippen molar-refractivity contribution in [2.75, 3.05) is 25.1 Å². The Morgan fingerprint density at radius 1 is 1.50 bits per heavy atom. The van der Waals surface area contributed by atoms with Gasteiger partial charge in [-0.2, -0.15) is 5.10 Å². The number of rotatable bonds is 3. The first kappa shape index (κ1) is 9.36. The summed E-state index contributed by atoms with van der Waals surface area (Å²) < 4.78 is 10.9. The molecule has 1 N–H and O–H groups in total. The van der Waals surface area contributed by atoms with E-state index in [-0.39, 0.29) is 0 Å². The Kier molecular flexibility index (Phi) is 2.60. The molecule has 0 bridgehead atoms. The van der Waals surface area contributed by atoms with Crippen LogP contribution in [-0.2, 0) is 9.47 Å². The zero-order valence-electron chi connectivity index (χ0n) is 8.06. The van der Waals surface area contributed by atoms with Crippen LogP contribution >= 0.6 is 0 Å². The normalized spacial score (nSPS) is 19.5. The number of nitrogens with one attached hydrogen (secondary N) is 1. The highest BCUT2D eigenvalue weighted by atomic mass is 16.7. The van der Waals surface area contributed by atoms with E-state index in [2.05, 4.69) is 15.5 Å². The Morgan fingerprint density at radius 3 is 2.93 bits per heavy atom. The summed E-state index contributed by atoms with van der Waals surface area (Å²) in [7, 11) is 0. The van der Waals surface area contributed by atoms with E-state index < -0.39 is 5.79 Å². The lowest BCUT2D eigenvalue weighted by molar-refractivity contribution is -0.129. The van der Waals surface area contributed by atoms with Crippen LogP contribution in [0.5, 0.6) is 0 Å². The fourth-order valence-corrected chi connectivity index (χ4v) is 1.31. The molecule has 2 rings (SSSR count). The standard InChI is InChI=1S/C9H13N3O2/c1-9(13-5-6-14-9)7-10-8-3-2-4-11-12-8/h2-4H,5-7H2,1H3,(H,10,12). The maximum Gasteiger partial charge on any atom is 0.182 e. The Hall–Kier alpha value is -1.20. The fourth-order valence-electron chi connectivity index (χ4n) is 1.31. The smallest absolute Gasteiger partial charge is 0.182 e. The molecule has 76 valence electrons. The number of ether oxygens (including phenoxy) is 2. The predicted molar refractivity (Wildman–Crippen MR) is 50.8 cm³/mol. The molecule has 1 aliphatic heterocycles. The summed E-state index contributed by atoms with van der Waals surface area (Å²) in [5, 5.41) is 10.8. The molecule has 5 nitrogen and oxygen atoms in total. The molecule has 0 aliphatic carbocycles. The molecule has 1 aliphatic rings. The highest BCUT2D eigenvalue weighted by Crippen LogP contribution is 2.18. The van der Waals surface area contributed by atoms with E-state index in [0.717, 1.165) is 5.82 Å². The first-order valence-corrected chi connectivity index (χ1v) is 4.58. The van der Waals surface area contributed by atoms with Gasteiger partial charge in [0.1, 0.15) is 5.82 Å². The van der Waals surface area contributed by atoms with Crippen LogP contribution in [0.2, 0.25) is 0 Å². The van der Waals surface area contributed by atoms with E-state index in [9.17, 15) is 0 Å². The van der Waals surface area contributed by atoms with Gasteiger partial charge in [-0.3, -0.25) is 0 Å². The molecule has 0 unspecified atom stereocenters. The third-order valence-corrected chi connectivity index (χ3v) is 2.06. The maximum atomic E-state index is 5.43. The van der Waals surface area contributed by atoms with Crippen molar-refractivity contribution >= 4 is 5.82 Å². The zero-order chi connectivity index (χ0) is 9.86. The number of aromatic nitrogens is 2. The fraction of sp³-hybridized carbons (Fsp3) is 0.556. The molecule has 0 atom stereocenters. The van der Waals surface area contributed by atoms with Gasteiger partial charge in [-0.25, -0.2) is 0 Å². The average molecular weight is 195 g/mol. The molecule has 1 fully saturated rings. The largest absolute Gasteiger partial charge is 0.363 e. The summed E-state index contributed by atoms with van der Waals surface area (Å²) in [6.07, 6.45) is 1.63. The van der Waals surface area contributed by atoms with Crippen LogP contribution in [-0.4, -0.2) is 35.7 Å². The van der Waals surface area contributed by atoms with Gasteiger partial charge in [-0.05, 0) is 19.1 Å². The van der Waals surface area contributed by atoms with Crippen molar-refractivity contribution in [1.29, 1.82) is 0 Å². The van der Waals surface area contributed by atoms with Crippen molar-refractivity contribution in [3.63, 3.8) is 0 Å². The molecule has 0 radical (unpaired) electrons. The van der Waals surface area contributed by atoms with Gasteiger partial charge in [0, 0.05) is 6.20 Å². The van der Waals surface area contributed by atoms with E-state index in [0.29, 0.717) is 19.8 Å². The lowest BCUT2D eigenvalue weighted by Gasteiger charge is -2.22. The molecule has 1 saturated heterocycles. The van der Waals surface area contributed by atoms with E-state index in [1.807, 2.05) is 19.1 Å². The van der Waals surface area contributed by atoms with Crippen LogP contribution in [0.3, 0.4) is 0 Å². The Balaban J connectivity index is 1.88. The Bertz CT molecular complexity index is 285. The van der Waals surface area contributed by atoms with Gasteiger partial charge in [0.2, 0.25) is 0 Å². The van der Waals surface area contributed by atoms with Crippen molar-refractivity contribution in [2.24, 2.45) is 0 Å². The minimum Gasteiger partial charge on any atom is -0.363 e. The molecular weight excluding hydrogens is 182 g/mol. The van der Waals surface area contributed by atoms with Gasteiger partial charge >= 0.3 is 0 Å². The number of hydrogen-bond donors (Lipinski definition) is 1. The van der Waals surface area contributed by atoms with Crippen molar-refractivity contribution in [3.05, 3.63) is 18.3 Å². The van der Waals surface area contributed by atoms with Gasteiger partial charge in [-0.1, -0.05) is 0 Å². The van der Waals surface area contributed by atoms with Crippen LogP contribution in [0, 0.1) is 0 Å². The lowest BCUT2D eigenvalue weighted by atomic mass is 10.3. The molecule has 0 spiro atoms. The second kappa shape index (κ2) is 3.89. The highest BCUT2D eigenvalue weighted by Gasteiger charge is 2.30. The van der Waals surface area contributed by atoms with Crippen molar-refractivity contribution < 1.29 is 9.47 Å². The topological polar surface area (TPSA) is 56.3 Å². The molecule has 1 aromatic heterocycles. The first-order valence-electron chi connectivity index (χ1n) is 4.58. The van der Waals surface area contributed by atoms with Crippen LogP contribution in [0.1, 0.15) is 6.92 Å². The third kappa shape index (κ3) is 2.18. The monoisotopic (exact) mass is 195 g/mol. The summed E-state index contributed by atoms with van der Waals surface area (Å²) in [5.41, 5.74) is 0. The lowest BCUT2D eigenvalue weighted by Crippen LogP contribution is -2.34. The molecule has 5 heteroatoms. The van der Waals surface area contributed by atoms with Gasteiger partial charge in [0.25, 0.3) is 0 Å². The van der Waals surface area contributed by atoms with E-state index in [1.165, 1.54) is 0 Å². The molecule has 0 saturated carbocycles. The molecule has 0 aromatic carbocycles. The van der Waals surface area contributed by atoms with E-state index >= 15 is 0 Å². The van der Waals surface area contributed by atoms with Gasteiger partial charge in [0.05, 0.1) is 19.8 Å². The van der Waals surface area contributed by atoms with Crippen LogP contribution < -0.4 is 5.32 Å². The second-order valence-electron chi connectivity index (χ2n) is 3.29. The summed E-state index contributed by atoms with van der Waals surface area (Å²) in [4.78, 5) is 0. The average Bonchev–Trinajstić information content (AvgIpc) is 2.65. The number of hydrogen-bond acceptors (Lipinski definition) is 5. The third-order valence-electron chi connectivity index (χ3n) is 2.06. The zero-order valence-corrected chi connectivity index (χ0v) is 8.06. The van der Waals surface area contributed by atoms with Crippen LogP contribution in [0.15, 0.2) is 18.3 Å². The summed E-state index contributed by atoms with van der Waals surface area (Å²) in [6, 6.07) is 3.68. The Morgan fingerprint density at radius 2 is 2.29 bits per heavy atom. The number of anilines is 1. The van der Waals surface area contributed by atoms with Gasteiger partial charge in [0.15, 0.2) is 5.79 Å². The molecule has 1 aromatic rings. The number of nitrogens with zero attached hydrogens (tertiary/aromatic N) is 2. The molecular formula is C9H13N3O2. The Labute approximate surface area is 82.4 Å². The van der Waals surface area contributed by atoms with Gasteiger partial charge in [-0.15, -0.1) is 5.10 Å². The first-order chi connectivity index (χ1) is 6.79. The highest BCUT2D eigenvalue weighted by molar-refractivity contribution is 5.31. The summed E-state index contributed by atoms with van der Waals surface area (Å²) in [5.74, 6) is 0.199. The van der Waals surface area contributed by atoms with Crippen molar-refractivity contribution in [1.82, 2.24) is 10.2 Å². The molecule has 2 heterocycles. The quantitative estimate of drug-likeness (QED) is 0.767. The molecule has 0 amide bonds. The van der Waals surface area contributed by atoms with Crippen molar-refractivity contribution in [3.8, 4) is 0 Å². The van der Waals surface area contributed by atoms with E-state index in [1.54, 1.807) is 6.20 Å². The van der Waals surface area contributed by atoms with Crippen molar-refractivity contribution in [2.45, 2.75) is 12.7 Å².